The maximum Gasteiger partial charge on any atom is 0.165 e. The molecule has 0 radical (unpaired) electrons. The molecule has 8 heteroatoms. The van der Waals surface area contributed by atoms with Gasteiger partial charge in [0.2, 0.25) is 0 Å². The van der Waals surface area contributed by atoms with Gasteiger partial charge in [-0.05, 0) is 37.7 Å². The molecule has 1 aromatic heterocycles. The zero-order valence-corrected chi connectivity index (χ0v) is 13.1. The van der Waals surface area contributed by atoms with E-state index in [1.807, 2.05) is 18.9 Å². The third kappa shape index (κ3) is 4.24. The molecule has 0 unspecified atom stereocenters. The van der Waals surface area contributed by atoms with E-state index in [1.54, 1.807) is 11.6 Å². The van der Waals surface area contributed by atoms with Crippen LogP contribution in [0.3, 0.4) is 0 Å². The largest absolute Gasteiger partial charge is 0.295 e. The summed E-state index contributed by atoms with van der Waals surface area (Å²) < 4.78 is 24.9. The summed E-state index contributed by atoms with van der Waals surface area (Å²) in [5, 5.41) is 11.2. The first-order valence-corrected chi connectivity index (χ1v) is 8.37. The molecule has 1 rings (SSSR count). The third-order valence-corrected chi connectivity index (χ3v) is 5.23. The Morgan fingerprint density at radius 3 is 2.53 bits per heavy atom. The number of tetrazole rings is 1. The van der Waals surface area contributed by atoms with E-state index in [9.17, 15) is 8.42 Å². The van der Waals surface area contributed by atoms with Crippen LogP contribution in [0.15, 0.2) is 0 Å². The topological polar surface area (TPSA) is 81.0 Å². The molecule has 110 valence electrons. The smallest absolute Gasteiger partial charge is 0.165 e. The van der Waals surface area contributed by atoms with Crippen molar-refractivity contribution in [2.75, 3.05) is 13.3 Å². The van der Waals surface area contributed by atoms with Crippen molar-refractivity contribution in [1.29, 1.82) is 0 Å². The van der Waals surface area contributed by atoms with Gasteiger partial charge in [-0.1, -0.05) is 6.92 Å². The Kier molecular flexibility index (Phi) is 5.42. The number of aryl methyl sites for hydroxylation is 1. The molecule has 0 aliphatic heterocycles. The lowest BCUT2D eigenvalue weighted by Gasteiger charge is -2.28. The second-order valence-corrected chi connectivity index (χ2v) is 7.41. The minimum atomic E-state index is -3.05. The average molecular weight is 289 g/mol. The van der Waals surface area contributed by atoms with Gasteiger partial charge < -0.3 is 0 Å². The molecular weight excluding hydrogens is 266 g/mol. The van der Waals surface area contributed by atoms with E-state index >= 15 is 0 Å². The van der Waals surface area contributed by atoms with E-state index in [2.05, 4.69) is 22.4 Å². The summed E-state index contributed by atoms with van der Waals surface area (Å²) in [7, 11) is -1.16. The second-order valence-electron chi connectivity index (χ2n) is 5.01. The predicted molar refractivity (Wildman–Crippen MR) is 73.3 cm³/mol. The molecule has 0 amide bonds. The predicted octanol–water partition coefficient (Wildman–Crippen LogP) is 0.337. The van der Waals surface area contributed by atoms with Crippen LogP contribution in [-0.2, 0) is 22.9 Å². The lowest BCUT2D eigenvalue weighted by Crippen LogP contribution is -2.41. The second kappa shape index (κ2) is 6.42. The highest BCUT2D eigenvalue weighted by atomic mass is 32.2. The number of aromatic nitrogens is 4. The molecule has 0 saturated carbocycles. The fraction of sp³-hybridized carbons (Fsp3) is 0.909. The van der Waals surface area contributed by atoms with Crippen LogP contribution in [0.2, 0.25) is 0 Å². The standard InChI is InChI=1S/C11H23N5O2S/c1-6-7-16-11(12-13-14-16)8-15(4)9(2)10(3)19(5,17)18/h9-10H,6-8H2,1-5H3/t9-,10+/m0/s1. The molecular formula is C11H23N5O2S. The Morgan fingerprint density at radius 2 is 2.00 bits per heavy atom. The van der Waals surface area contributed by atoms with Gasteiger partial charge >= 0.3 is 0 Å². The highest BCUT2D eigenvalue weighted by molar-refractivity contribution is 7.91. The molecule has 19 heavy (non-hydrogen) atoms. The third-order valence-electron chi connectivity index (χ3n) is 3.48. The molecule has 7 nitrogen and oxygen atoms in total. The Hall–Kier alpha value is -1.02. The van der Waals surface area contributed by atoms with Crippen molar-refractivity contribution in [3.63, 3.8) is 0 Å². The summed E-state index contributed by atoms with van der Waals surface area (Å²) in [4.78, 5) is 1.96. The number of hydrogen-bond acceptors (Lipinski definition) is 6. The van der Waals surface area contributed by atoms with Gasteiger partial charge in [-0.2, -0.15) is 0 Å². The monoisotopic (exact) mass is 289 g/mol. The molecule has 0 aliphatic rings. The average Bonchev–Trinajstić information content (AvgIpc) is 2.74. The lowest BCUT2D eigenvalue weighted by molar-refractivity contribution is 0.234. The highest BCUT2D eigenvalue weighted by Crippen LogP contribution is 2.12. The van der Waals surface area contributed by atoms with Crippen molar-refractivity contribution < 1.29 is 8.42 Å². The van der Waals surface area contributed by atoms with Crippen molar-refractivity contribution in [3.05, 3.63) is 5.82 Å². The number of rotatable bonds is 7. The molecule has 1 heterocycles. The van der Waals surface area contributed by atoms with Crippen molar-refractivity contribution in [2.45, 2.75) is 51.6 Å². The summed E-state index contributed by atoms with van der Waals surface area (Å²) in [6.45, 7) is 6.99. The van der Waals surface area contributed by atoms with E-state index in [0.717, 1.165) is 18.8 Å². The van der Waals surface area contributed by atoms with Crippen LogP contribution in [0.1, 0.15) is 33.0 Å². The van der Waals surface area contributed by atoms with E-state index in [4.69, 9.17) is 0 Å². The fourth-order valence-electron chi connectivity index (χ4n) is 1.81. The molecule has 0 saturated heterocycles. The van der Waals surface area contributed by atoms with Crippen LogP contribution in [-0.4, -0.2) is 58.1 Å². The fourth-order valence-corrected chi connectivity index (χ4v) is 2.73. The zero-order chi connectivity index (χ0) is 14.6. The minimum absolute atomic E-state index is 0.0956. The SMILES string of the molecule is CCCn1nnnc1CN(C)[C@@H](C)[C@@H](C)S(C)(=O)=O. The van der Waals surface area contributed by atoms with Gasteiger partial charge in [0.05, 0.1) is 11.8 Å². The van der Waals surface area contributed by atoms with Crippen LogP contribution in [0, 0.1) is 0 Å². The zero-order valence-electron chi connectivity index (χ0n) is 12.2. The van der Waals surface area contributed by atoms with Crippen LogP contribution >= 0.6 is 0 Å². The van der Waals surface area contributed by atoms with Crippen LogP contribution in [0.25, 0.3) is 0 Å². The highest BCUT2D eigenvalue weighted by Gasteiger charge is 2.26. The summed E-state index contributed by atoms with van der Waals surface area (Å²) in [6, 6.07) is -0.0956. The lowest BCUT2D eigenvalue weighted by atomic mass is 10.2. The first-order valence-electron chi connectivity index (χ1n) is 6.41. The quantitative estimate of drug-likeness (QED) is 0.720. The molecule has 0 fully saturated rings. The van der Waals surface area contributed by atoms with Crippen LogP contribution in [0.5, 0.6) is 0 Å². The normalized spacial score (nSPS) is 15.7. The van der Waals surface area contributed by atoms with Gasteiger partial charge in [-0.15, -0.1) is 5.10 Å². The Morgan fingerprint density at radius 1 is 1.37 bits per heavy atom. The molecule has 0 aromatic carbocycles. The van der Waals surface area contributed by atoms with Gasteiger partial charge in [0.15, 0.2) is 15.7 Å². The summed E-state index contributed by atoms with van der Waals surface area (Å²) in [5.41, 5.74) is 0. The van der Waals surface area contributed by atoms with Gasteiger partial charge in [0.1, 0.15) is 0 Å². The molecule has 2 atom stereocenters. The number of nitrogens with zero attached hydrogens (tertiary/aromatic N) is 5. The van der Waals surface area contributed by atoms with Gasteiger partial charge in [-0.3, -0.25) is 4.90 Å². The molecule has 0 bridgehead atoms. The first kappa shape index (κ1) is 16.0. The molecule has 0 spiro atoms. The van der Waals surface area contributed by atoms with Crippen molar-refractivity contribution >= 4 is 9.84 Å². The van der Waals surface area contributed by atoms with Gasteiger partial charge in [0, 0.05) is 18.8 Å². The number of hydrogen-bond donors (Lipinski definition) is 0. The van der Waals surface area contributed by atoms with Crippen molar-refractivity contribution in [3.8, 4) is 0 Å². The summed E-state index contributed by atoms with van der Waals surface area (Å²) in [5.74, 6) is 0.761. The number of sulfone groups is 1. The minimum Gasteiger partial charge on any atom is -0.295 e. The molecule has 0 N–H and O–H groups in total. The van der Waals surface area contributed by atoms with Crippen molar-refractivity contribution in [1.82, 2.24) is 25.1 Å². The Balaban J connectivity index is 2.73. The van der Waals surface area contributed by atoms with E-state index < -0.39 is 15.1 Å². The maximum absolute atomic E-state index is 11.6. The summed E-state index contributed by atoms with van der Waals surface area (Å²) >= 11 is 0. The van der Waals surface area contributed by atoms with Crippen LogP contribution < -0.4 is 0 Å². The van der Waals surface area contributed by atoms with E-state index in [0.29, 0.717) is 6.54 Å². The summed E-state index contributed by atoms with van der Waals surface area (Å²) in [6.07, 6.45) is 2.22. The van der Waals surface area contributed by atoms with Gasteiger partial charge in [0.25, 0.3) is 0 Å². The Bertz CT molecular complexity index is 499. The first-order chi connectivity index (χ1) is 8.77. The van der Waals surface area contributed by atoms with E-state index in [1.165, 1.54) is 6.26 Å². The Labute approximate surface area is 114 Å². The maximum atomic E-state index is 11.6. The van der Waals surface area contributed by atoms with Gasteiger partial charge in [-0.25, -0.2) is 13.1 Å². The van der Waals surface area contributed by atoms with Crippen LogP contribution in [0.4, 0.5) is 0 Å². The van der Waals surface area contributed by atoms with Crippen molar-refractivity contribution in [2.24, 2.45) is 0 Å². The van der Waals surface area contributed by atoms with E-state index in [-0.39, 0.29) is 6.04 Å². The molecule has 1 aromatic rings. The molecule has 0 aliphatic carbocycles.